The van der Waals surface area contributed by atoms with Crippen molar-refractivity contribution in [1.29, 1.82) is 0 Å². The van der Waals surface area contributed by atoms with Gasteiger partial charge in [0.05, 0.1) is 11.8 Å². The lowest BCUT2D eigenvalue weighted by molar-refractivity contribution is 0.0761. The number of carbonyl (C=O) groups is 1. The number of benzene rings is 2. The van der Waals surface area contributed by atoms with Gasteiger partial charge in [0.15, 0.2) is 11.6 Å². The van der Waals surface area contributed by atoms with E-state index >= 15 is 4.39 Å². The average molecular weight is 500 g/mol. The second-order valence-electron chi connectivity index (χ2n) is 6.67. The minimum atomic E-state index is -0.493. The van der Waals surface area contributed by atoms with Gasteiger partial charge in [0.25, 0.3) is 0 Å². The maximum absolute atomic E-state index is 15.4. The summed E-state index contributed by atoms with van der Waals surface area (Å²) in [7, 11) is 1.77. The lowest BCUT2D eigenvalue weighted by Gasteiger charge is -2.13. The SMILES string of the molecule is CSCCCOCC(=O)c1cc2c(ncn2C)c(F)c1Cc1ccc(Br)cc1Cl. The molecule has 0 aliphatic rings. The number of imidazole rings is 1. The zero-order valence-electron chi connectivity index (χ0n) is 16.2. The molecule has 4 nitrogen and oxygen atoms in total. The third-order valence-corrected chi connectivity index (χ3v) is 6.16. The van der Waals surface area contributed by atoms with Crippen LogP contribution < -0.4 is 0 Å². The van der Waals surface area contributed by atoms with Crippen LogP contribution in [-0.2, 0) is 18.2 Å². The van der Waals surface area contributed by atoms with E-state index in [4.69, 9.17) is 16.3 Å². The van der Waals surface area contributed by atoms with Crippen molar-refractivity contribution in [3.8, 4) is 0 Å². The molecule has 0 saturated heterocycles. The van der Waals surface area contributed by atoms with Gasteiger partial charge in [0.2, 0.25) is 0 Å². The number of aromatic nitrogens is 2. The highest BCUT2D eigenvalue weighted by Gasteiger charge is 2.22. The fraction of sp³-hybridized carbons (Fsp3) is 0.333. The second kappa shape index (κ2) is 10.1. The van der Waals surface area contributed by atoms with Gasteiger partial charge in [0, 0.05) is 40.7 Å². The van der Waals surface area contributed by atoms with Gasteiger partial charge in [-0.25, -0.2) is 9.37 Å². The number of Topliss-reactive ketones (excluding diaryl/α,β-unsaturated/α-hetero) is 1. The van der Waals surface area contributed by atoms with Crippen molar-refractivity contribution < 1.29 is 13.9 Å². The van der Waals surface area contributed by atoms with Crippen LogP contribution in [0.5, 0.6) is 0 Å². The first kappa shape index (κ1) is 22.3. The minimum absolute atomic E-state index is 0.0851. The van der Waals surface area contributed by atoms with Gasteiger partial charge in [-0.2, -0.15) is 11.8 Å². The lowest BCUT2D eigenvalue weighted by Crippen LogP contribution is -2.14. The third kappa shape index (κ3) is 5.20. The molecule has 1 aromatic heterocycles. The van der Waals surface area contributed by atoms with E-state index in [2.05, 4.69) is 20.9 Å². The van der Waals surface area contributed by atoms with Crippen LogP contribution in [0.15, 0.2) is 35.1 Å². The number of rotatable bonds is 9. The number of ketones is 1. The summed E-state index contributed by atoms with van der Waals surface area (Å²) in [5, 5.41) is 0.506. The quantitative estimate of drug-likeness (QED) is 0.281. The number of aryl methyl sites for hydroxylation is 1. The average Bonchev–Trinajstić information content (AvgIpc) is 3.06. The number of fused-ring (bicyclic) bond motifs is 1. The largest absolute Gasteiger partial charge is 0.373 e. The summed E-state index contributed by atoms with van der Waals surface area (Å²) in [5.74, 6) is 0.226. The monoisotopic (exact) mass is 498 g/mol. The molecule has 2 aromatic carbocycles. The Bertz CT molecular complexity index is 1040. The smallest absolute Gasteiger partial charge is 0.188 e. The molecule has 1 heterocycles. The van der Waals surface area contributed by atoms with E-state index < -0.39 is 5.82 Å². The number of hydrogen-bond acceptors (Lipinski definition) is 4. The summed E-state index contributed by atoms with van der Waals surface area (Å²) in [4.78, 5) is 17.0. The molecule has 0 unspecified atom stereocenters. The Morgan fingerprint density at radius 1 is 1.38 bits per heavy atom. The van der Waals surface area contributed by atoms with E-state index in [1.54, 1.807) is 35.5 Å². The zero-order valence-corrected chi connectivity index (χ0v) is 19.3. The number of ether oxygens (including phenoxy) is 1. The summed E-state index contributed by atoms with van der Waals surface area (Å²) in [6.45, 7) is 0.412. The first-order chi connectivity index (χ1) is 13.9. The van der Waals surface area contributed by atoms with E-state index in [1.165, 1.54) is 6.33 Å². The highest BCUT2D eigenvalue weighted by molar-refractivity contribution is 9.10. The molecule has 3 rings (SSSR count). The maximum atomic E-state index is 15.4. The maximum Gasteiger partial charge on any atom is 0.188 e. The fourth-order valence-electron chi connectivity index (χ4n) is 3.09. The van der Waals surface area contributed by atoms with Crippen LogP contribution in [0, 0.1) is 5.82 Å². The van der Waals surface area contributed by atoms with E-state index in [0.717, 1.165) is 22.2 Å². The van der Waals surface area contributed by atoms with Gasteiger partial charge in [-0.1, -0.05) is 33.6 Å². The van der Waals surface area contributed by atoms with Crippen molar-refractivity contribution in [3.63, 3.8) is 0 Å². The summed E-state index contributed by atoms with van der Waals surface area (Å²) in [6, 6.07) is 7.11. The number of hydrogen-bond donors (Lipinski definition) is 0. The molecule has 0 saturated carbocycles. The molecule has 0 bridgehead atoms. The molecule has 3 aromatic rings. The molecule has 154 valence electrons. The Labute approximate surface area is 186 Å². The normalized spacial score (nSPS) is 11.3. The van der Waals surface area contributed by atoms with Gasteiger partial charge < -0.3 is 9.30 Å². The van der Waals surface area contributed by atoms with Crippen LogP contribution >= 0.6 is 39.3 Å². The van der Waals surface area contributed by atoms with Crippen LogP contribution in [0.4, 0.5) is 4.39 Å². The zero-order chi connectivity index (χ0) is 21.0. The molecular weight excluding hydrogens is 479 g/mol. The number of carbonyl (C=O) groups excluding carboxylic acids is 1. The molecule has 0 atom stereocenters. The van der Waals surface area contributed by atoms with Gasteiger partial charge in [-0.05, 0) is 42.2 Å². The molecule has 29 heavy (non-hydrogen) atoms. The van der Waals surface area contributed by atoms with E-state index in [-0.39, 0.29) is 29.9 Å². The van der Waals surface area contributed by atoms with Crippen LogP contribution in [0.2, 0.25) is 5.02 Å². The molecule has 0 amide bonds. The Morgan fingerprint density at radius 3 is 2.90 bits per heavy atom. The molecule has 0 N–H and O–H groups in total. The van der Waals surface area contributed by atoms with Crippen molar-refractivity contribution in [1.82, 2.24) is 9.55 Å². The standard InChI is InChI=1S/C21H21BrClFN2O2S/c1-26-12-25-21-18(26)10-15(19(27)11-28-6-3-7-29-2)16(20(21)24)8-13-4-5-14(22)9-17(13)23/h4-5,9-10,12H,3,6-8,11H2,1-2H3. The van der Waals surface area contributed by atoms with Crippen molar-refractivity contribution >= 4 is 56.1 Å². The van der Waals surface area contributed by atoms with Crippen LogP contribution in [0.25, 0.3) is 11.0 Å². The fourth-order valence-corrected chi connectivity index (χ4v) is 4.24. The summed E-state index contributed by atoms with van der Waals surface area (Å²) in [6.07, 6.45) is 4.62. The van der Waals surface area contributed by atoms with E-state index in [0.29, 0.717) is 22.7 Å². The number of thioether (sulfide) groups is 1. The highest BCUT2D eigenvalue weighted by Crippen LogP contribution is 2.29. The molecule has 0 aliphatic heterocycles. The molecule has 0 spiro atoms. The molecule has 0 radical (unpaired) electrons. The highest BCUT2D eigenvalue weighted by atomic mass is 79.9. The van der Waals surface area contributed by atoms with Crippen molar-refractivity contribution in [2.45, 2.75) is 12.8 Å². The second-order valence-corrected chi connectivity index (χ2v) is 8.98. The Kier molecular flexibility index (Phi) is 7.73. The van der Waals surface area contributed by atoms with Gasteiger partial charge >= 0.3 is 0 Å². The Balaban J connectivity index is 1.96. The lowest BCUT2D eigenvalue weighted by atomic mass is 9.95. The first-order valence-corrected chi connectivity index (χ1v) is 11.6. The van der Waals surface area contributed by atoms with E-state index in [1.807, 2.05) is 18.4 Å². The summed E-state index contributed by atoms with van der Waals surface area (Å²) >= 11 is 11.4. The van der Waals surface area contributed by atoms with Crippen LogP contribution in [0.1, 0.15) is 27.9 Å². The third-order valence-electron chi connectivity index (χ3n) is 4.61. The van der Waals surface area contributed by atoms with Gasteiger partial charge in [-0.15, -0.1) is 0 Å². The van der Waals surface area contributed by atoms with Gasteiger partial charge in [0.1, 0.15) is 12.1 Å². The molecule has 0 aliphatic carbocycles. The summed E-state index contributed by atoms with van der Waals surface area (Å²) < 4.78 is 23.4. The minimum Gasteiger partial charge on any atom is -0.373 e. The topological polar surface area (TPSA) is 44.1 Å². The number of nitrogens with zero attached hydrogens (tertiary/aromatic N) is 2. The van der Waals surface area contributed by atoms with Crippen LogP contribution in [-0.4, -0.2) is 40.6 Å². The van der Waals surface area contributed by atoms with Gasteiger partial charge in [-0.3, -0.25) is 4.79 Å². The Morgan fingerprint density at radius 2 is 2.17 bits per heavy atom. The molecule has 0 fully saturated rings. The predicted molar refractivity (Wildman–Crippen MR) is 121 cm³/mol. The van der Waals surface area contributed by atoms with Crippen LogP contribution in [0.3, 0.4) is 0 Å². The Hall–Kier alpha value is -1.41. The molecule has 8 heteroatoms. The number of halogens is 3. The molecular formula is C21H21BrClFN2O2S. The van der Waals surface area contributed by atoms with E-state index in [9.17, 15) is 4.79 Å². The van der Waals surface area contributed by atoms with Crippen molar-refractivity contribution in [2.75, 3.05) is 25.2 Å². The predicted octanol–water partition coefficient (Wildman–Crippen LogP) is 5.67. The summed E-state index contributed by atoms with van der Waals surface area (Å²) in [5.41, 5.74) is 2.15. The first-order valence-electron chi connectivity index (χ1n) is 9.08. The van der Waals surface area contributed by atoms with Crippen molar-refractivity contribution in [2.24, 2.45) is 7.05 Å². The van der Waals surface area contributed by atoms with Crippen molar-refractivity contribution in [3.05, 3.63) is 62.6 Å².